The molecule has 1 N–H and O–H groups in total. The molecule has 1 spiro atoms. The van der Waals surface area contributed by atoms with Crippen molar-refractivity contribution in [3.8, 4) is 0 Å². The van der Waals surface area contributed by atoms with Crippen molar-refractivity contribution in [1.82, 2.24) is 4.90 Å². The van der Waals surface area contributed by atoms with E-state index in [1.165, 1.54) is 32.1 Å². The van der Waals surface area contributed by atoms with Gasteiger partial charge in [0.1, 0.15) is 0 Å². The normalized spacial score (nSPS) is 31.1. The molecule has 3 fully saturated rings. The SMILES string of the molecule is O=C(O)CN(C1CC1)C1CCCC12CCOCC2. The van der Waals surface area contributed by atoms with Gasteiger partial charge in [0.15, 0.2) is 0 Å². The summed E-state index contributed by atoms with van der Waals surface area (Å²) >= 11 is 0. The maximum atomic E-state index is 11.1. The molecule has 0 aromatic rings. The van der Waals surface area contributed by atoms with E-state index in [2.05, 4.69) is 4.90 Å². The zero-order valence-electron chi connectivity index (χ0n) is 10.9. The van der Waals surface area contributed by atoms with Gasteiger partial charge in [-0.1, -0.05) is 6.42 Å². The Bertz CT molecular complexity index is 321. The predicted molar refractivity (Wildman–Crippen MR) is 67.5 cm³/mol. The first kappa shape index (κ1) is 12.4. The lowest BCUT2D eigenvalue weighted by molar-refractivity contribution is -0.140. The van der Waals surface area contributed by atoms with E-state index < -0.39 is 5.97 Å². The number of nitrogens with zero attached hydrogens (tertiary/aromatic N) is 1. The van der Waals surface area contributed by atoms with Crippen molar-refractivity contribution in [3.05, 3.63) is 0 Å². The van der Waals surface area contributed by atoms with Crippen LogP contribution in [0.5, 0.6) is 0 Å². The van der Waals surface area contributed by atoms with Crippen molar-refractivity contribution in [3.63, 3.8) is 0 Å². The highest BCUT2D eigenvalue weighted by Gasteiger charge is 2.49. The molecule has 3 aliphatic rings. The summed E-state index contributed by atoms with van der Waals surface area (Å²) in [5.41, 5.74) is 0.357. The molecule has 1 atom stereocenters. The lowest BCUT2D eigenvalue weighted by Crippen LogP contribution is -2.50. The van der Waals surface area contributed by atoms with E-state index in [1.54, 1.807) is 0 Å². The fourth-order valence-electron chi connectivity index (χ4n) is 4.06. The molecule has 0 radical (unpaired) electrons. The number of hydrogen-bond acceptors (Lipinski definition) is 3. The molecule has 0 amide bonds. The smallest absolute Gasteiger partial charge is 0.317 e. The van der Waals surface area contributed by atoms with Gasteiger partial charge in [0.25, 0.3) is 0 Å². The monoisotopic (exact) mass is 253 g/mol. The number of carboxylic acid groups (broad SMARTS) is 1. The molecule has 0 aromatic heterocycles. The minimum atomic E-state index is -0.670. The van der Waals surface area contributed by atoms with Gasteiger partial charge in [-0.3, -0.25) is 9.69 Å². The highest BCUT2D eigenvalue weighted by Crippen LogP contribution is 2.50. The van der Waals surface area contributed by atoms with Gasteiger partial charge in [-0.25, -0.2) is 0 Å². The topological polar surface area (TPSA) is 49.8 Å². The third-order valence-corrected chi connectivity index (χ3v) is 5.08. The maximum Gasteiger partial charge on any atom is 0.317 e. The second-order valence-electron chi connectivity index (χ2n) is 6.18. The summed E-state index contributed by atoms with van der Waals surface area (Å²) in [6, 6.07) is 1.04. The van der Waals surface area contributed by atoms with E-state index in [9.17, 15) is 4.79 Å². The molecule has 2 saturated carbocycles. The number of rotatable bonds is 4. The van der Waals surface area contributed by atoms with Crippen LogP contribution in [0.15, 0.2) is 0 Å². The maximum absolute atomic E-state index is 11.1. The zero-order valence-corrected chi connectivity index (χ0v) is 10.9. The van der Waals surface area contributed by atoms with Gasteiger partial charge < -0.3 is 9.84 Å². The van der Waals surface area contributed by atoms with Crippen molar-refractivity contribution in [2.24, 2.45) is 5.41 Å². The summed E-state index contributed by atoms with van der Waals surface area (Å²) < 4.78 is 5.51. The molecule has 1 unspecified atom stereocenters. The average Bonchev–Trinajstić information content (AvgIpc) is 3.12. The Morgan fingerprint density at radius 2 is 1.94 bits per heavy atom. The number of ether oxygens (including phenoxy) is 1. The van der Waals surface area contributed by atoms with Crippen molar-refractivity contribution in [2.45, 2.75) is 57.0 Å². The van der Waals surface area contributed by atoms with Gasteiger partial charge in [-0.05, 0) is 43.9 Å². The summed E-state index contributed by atoms with van der Waals surface area (Å²) in [6.45, 7) is 1.96. The van der Waals surface area contributed by atoms with Crippen LogP contribution >= 0.6 is 0 Å². The Kier molecular flexibility index (Phi) is 3.32. The molecule has 1 saturated heterocycles. The van der Waals surface area contributed by atoms with Crippen LogP contribution in [0.4, 0.5) is 0 Å². The van der Waals surface area contributed by atoms with E-state index in [0.717, 1.165) is 26.1 Å². The van der Waals surface area contributed by atoms with E-state index in [-0.39, 0.29) is 6.54 Å². The second-order valence-corrected chi connectivity index (χ2v) is 6.18. The van der Waals surface area contributed by atoms with Gasteiger partial charge >= 0.3 is 5.97 Å². The highest BCUT2D eigenvalue weighted by atomic mass is 16.5. The molecule has 0 aromatic carbocycles. The number of aliphatic carboxylic acids is 1. The molecule has 3 rings (SSSR count). The number of hydrogen-bond donors (Lipinski definition) is 1. The first-order valence-electron chi connectivity index (χ1n) is 7.27. The number of carbonyl (C=O) groups is 1. The van der Waals surface area contributed by atoms with Crippen LogP contribution in [0, 0.1) is 5.41 Å². The molecule has 0 bridgehead atoms. The zero-order chi connectivity index (χ0) is 12.6. The van der Waals surface area contributed by atoms with Crippen molar-refractivity contribution in [2.75, 3.05) is 19.8 Å². The van der Waals surface area contributed by atoms with Crippen molar-refractivity contribution in [1.29, 1.82) is 0 Å². The fraction of sp³-hybridized carbons (Fsp3) is 0.929. The van der Waals surface area contributed by atoms with Gasteiger partial charge in [0.05, 0.1) is 6.54 Å². The molecule has 1 heterocycles. The van der Waals surface area contributed by atoms with E-state index >= 15 is 0 Å². The van der Waals surface area contributed by atoms with Gasteiger partial charge in [-0.15, -0.1) is 0 Å². The summed E-state index contributed by atoms with van der Waals surface area (Å²) in [6.07, 6.45) is 8.34. The lowest BCUT2D eigenvalue weighted by Gasteiger charge is -2.44. The Labute approximate surface area is 108 Å². The Balaban J connectivity index is 1.76. The fourth-order valence-corrected chi connectivity index (χ4v) is 4.06. The molecular weight excluding hydrogens is 230 g/mol. The van der Waals surface area contributed by atoms with Crippen LogP contribution in [0.25, 0.3) is 0 Å². The Morgan fingerprint density at radius 1 is 1.22 bits per heavy atom. The average molecular weight is 253 g/mol. The first-order valence-corrected chi connectivity index (χ1v) is 7.27. The minimum absolute atomic E-state index is 0.234. The van der Waals surface area contributed by atoms with Gasteiger partial charge in [0, 0.05) is 25.3 Å². The molecule has 4 nitrogen and oxygen atoms in total. The summed E-state index contributed by atoms with van der Waals surface area (Å²) in [5, 5.41) is 9.14. The minimum Gasteiger partial charge on any atom is -0.480 e. The summed E-state index contributed by atoms with van der Waals surface area (Å²) in [5.74, 6) is -0.670. The van der Waals surface area contributed by atoms with Crippen LogP contribution in [-0.2, 0) is 9.53 Å². The largest absolute Gasteiger partial charge is 0.480 e. The predicted octanol–water partition coefficient (Wildman–Crippen LogP) is 1.88. The third kappa shape index (κ3) is 2.28. The van der Waals surface area contributed by atoms with Crippen LogP contribution in [0.1, 0.15) is 44.9 Å². The second kappa shape index (κ2) is 4.82. The standard InChI is InChI=1S/C14H23NO3/c16-13(17)10-15(11-3-4-11)12-2-1-5-14(12)6-8-18-9-7-14/h11-12H,1-10H2,(H,16,17). The Hall–Kier alpha value is -0.610. The van der Waals surface area contributed by atoms with Crippen LogP contribution in [0.3, 0.4) is 0 Å². The molecule has 4 heteroatoms. The van der Waals surface area contributed by atoms with E-state index in [4.69, 9.17) is 9.84 Å². The molecular formula is C14H23NO3. The quantitative estimate of drug-likeness (QED) is 0.831. The molecule has 1 aliphatic heterocycles. The molecule has 102 valence electrons. The van der Waals surface area contributed by atoms with Crippen LogP contribution in [-0.4, -0.2) is 47.8 Å². The first-order chi connectivity index (χ1) is 8.71. The highest BCUT2D eigenvalue weighted by molar-refractivity contribution is 5.69. The lowest BCUT2D eigenvalue weighted by atomic mass is 9.75. The van der Waals surface area contributed by atoms with Crippen molar-refractivity contribution < 1.29 is 14.6 Å². The number of carboxylic acids is 1. The van der Waals surface area contributed by atoms with Crippen LogP contribution < -0.4 is 0 Å². The van der Waals surface area contributed by atoms with E-state index in [1.807, 2.05) is 0 Å². The van der Waals surface area contributed by atoms with Gasteiger partial charge in [0.2, 0.25) is 0 Å². The summed E-state index contributed by atoms with van der Waals surface area (Å²) in [7, 11) is 0. The summed E-state index contributed by atoms with van der Waals surface area (Å²) in [4.78, 5) is 13.4. The van der Waals surface area contributed by atoms with Crippen molar-refractivity contribution >= 4 is 5.97 Å². The molecule has 18 heavy (non-hydrogen) atoms. The van der Waals surface area contributed by atoms with E-state index in [0.29, 0.717) is 17.5 Å². The third-order valence-electron chi connectivity index (χ3n) is 5.08. The Morgan fingerprint density at radius 3 is 2.56 bits per heavy atom. The van der Waals surface area contributed by atoms with Crippen LogP contribution in [0.2, 0.25) is 0 Å². The van der Waals surface area contributed by atoms with Gasteiger partial charge in [-0.2, -0.15) is 0 Å². The molecule has 2 aliphatic carbocycles.